The van der Waals surface area contributed by atoms with Crippen molar-refractivity contribution in [3.05, 3.63) is 0 Å². The van der Waals surface area contributed by atoms with Crippen LogP contribution in [-0.2, 0) is 4.74 Å². The lowest BCUT2D eigenvalue weighted by atomic mass is 9.81. The van der Waals surface area contributed by atoms with Gasteiger partial charge in [0.15, 0.2) is 5.56 Å². The molecule has 0 radical (unpaired) electrons. The Hall–Kier alpha value is 0.620. The van der Waals surface area contributed by atoms with E-state index in [4.69, 9.17) is 4.74 Å². The standard InChI is InChI=1S/C6H11NOS2/c9-6-7(10)5-1-4(2-5)3-8-6/h4-6,9-10H,1-3H2. The fourth-order valence-electron chi connectivity index (χ4n) is 1.53. The lowest BCUT2D eigenvalue weighted by molar-refractivity contribution is 0.0678. The van der Waals surface area contributed by atoms with E-state index in [0.717, 1.165) is 12.5 Å². The van der Waals surface area contributed by atoms with Gasteiger partial charge in [0.05, 0.1) is 6.61 Å². The van der Waals surface area contributed by atoms with Crippen LogP contribution in [0.25, 0.3) is 0 Å². The van der Waals surface area contributed by atoms with Crippen molar-refractivity contribution < 1.29 is 4.74 Å². The highest BCUT2D eigenvalue weighted by Crippen LogP contribution is 2.38. The molecule has 10 heavy (non-hydrogen) atoms. The van der Waals surface area contributed by atoms with E-state index in [1.54, 1.807) is 0 Å². The number of fused-ring (bicyclic) bond motifs is 3. The molecule has 58 valence electrons. The minimum absolute atomic E-state index is 0.0965. The molecule has 3 fully saturated rings. The number of rotatable bonds is 0. The average molecular weight is 177 g/mol. The Bertz CT molecular complexity index is 133. The summed E-state index contributed by atoms with van der Waals surface area (Å²) >= 11 is 8.53. The third-order valence-electron chi connectivity index (χ3n) is 2.29. The molecule has 1 unspecified atom stereocenters. The van der Waals surface area contributed by atoms with Crippen molar-refractivity contribution >= 4 is 25.4 Å². The minimum atomic E-state index is -0.0965. The molecule has 2 saturated heterocycles. The normalized spacial score (nSPS) is 48.0. The molecule has 2 heterocycles. The highest BCUT2D eigenvalue weighted by molar-refractivity contribution is 7.83. The molecular weight excluding hydrogens is 166 g/mol. The number of ether oxygens (including phenoxy) is 1. The summed E-state index contributed by atoms with van der Waals surface area (Å²) in [6.07, 6.45) is 2.47. The number of thiol groups is 2. The van der Waals surface area contributed by atoms with E-state index < -0.39 is 0 Å². The van der Waals surface area contributed by atoms with Gasteiger partial charge in [0.2, 0.25) is 0 Å². The highest BCUT2D eigenvalue weighted by Gasteiger charge is 2.38. The van der Waals surface area contributed by atoms with Crippen molar-refractivity contribution in [1.82, 2.24) is 4.31 Å². The molecule has 1 atom stereocenters. The molecular formula is C6H11NOS2. The highest BCUT2D eigenvalue weighted by atomic mass is 32.1. The van der Waals surface area contributed by atoms with E-state index in [1.807, 2.05) is 4.31 Å². The minimum Gasteiger partial charge on any atom is -0.353 e. The van der Waals surface area contributed by atoms with Gasteiger partial charge in [-0.1, -0.05) is 12.8 Å². The fraction of sp³-hybridized carbons (Fsp3) is 1.00. The maximum atomic E-state index is 5.38. The summed E-state index contributed by atoms with van der Waals surface area (Å²) in [7, 11) is 0. The fourth-order valence-corrected chi connectivity index (χ4v) is 2.06. The van der Waals surface area contributed by atoms with Gasteiger partial charge >= 0.3 is 0 Å². The van der Waals surface area contributed by atoms with Gasteiger partial charge in [-0.25, -0.2) is 4.31 Å². The second-order valence-electron chi connectivity index (χ2n) is 3.03. The average Bonchev–Trinajstić information content (AvgIpc) is 1.98. The van der Waals surface area contributed by atoms with Crippen molar-refractivity contribution in [3.63, 3.8) is 0 Å². The molecule has 0 spiro atoms. The topological polar surface area (TPSA) is 12.5 Å². The molecule has 0 aromatic carbocycles. The van der Waals surface area contributed by atoms with E-state index in [2.05, 4.69) is 25.4 Å². The molecule has 3 rings (SSSR count). The van der Waals surface area contributed by atoms with Crippen LogP contribution in [0, 0.1) is 5.92 Å². The van der Waals surface area contributed by atoms with Crippen molar-refractivity contribution in [2.45, 2.75) is 24.4 Å². The van der Waals surface area contributed by atoms with Crippen LogP contribution in [0.15, 0.2) is 0 Å². The zero-order valence-electron chi connectivity index (χ0n) is 5.60. The smallest absolute Gasteiger partial charge is 0.164 e. The van der Waals surface area contributed by atoms with Crippen LogP contribution < -0.4 is 0 Å². The van der Waals surface area contributed by atoms with E-state index in [9.17, 15) is 0 Å². The Kier molecular flexibility index (Phi) is 1.88. The van der Waals surface area contributed by atoms with Crippen LogP contribution in [0.4, 0.5) is 0 Å². The molecule has 0 N–H and O–H groups in total. The number of hydrogen-bond donors (Lipinski definition) is 2. The molecule has 3 aliphatic rings. The quantitative estimate of drug-likeness (QED) is 0.539. The van der Waals surface area contributed by atoms with E-state index >= 15 is 0 Å². The Morgan fingerprint density at radius 1 is 1.40 bits per heavy atom. The van der Waals surface area contributed by atoms with Crippen LogP contribution >= 0.6 is 25.4 Å². The van der Waals surface area contributed by atoms with E-state index in [0.29, 0.717) is 6.04 Å². The Morgan fingerprint density at radius 3 is 2.80 bits per heavy atom. The van der Waals surface area contributed by atoms with Gasteiger partial charge in [0.25, 0.3) is 0 Å². The second-order valence-corrected chi connectivity index (χ2v) is 3.93. The van der Waals surface area contributed by atoms with E-state index in [-0.39, 0.29) is 5.56 Å². The third-order valence-corrected chi connectivity index (χ3v) is 3.41. The number of nitrogens with zero attached hydrogens (tertiary/aromatic N) is 1. The zero-order valence-corrected chi connectivity index (χ0v) is 7.39. The second kappa shape index (κ2) is 2.59. The maximum Gasteiger partial charge on any atom is 0.164 e. The molecule has 2 aliphatic heterocycles. The first-order valence-electron chi connectivity index (χ1n) is 3.54. The first-order chi connectivity index (χ1) is 4.77. The molecule has 1 aliphatic carbocycles. The van der Waals surface area contributed by atoms with Crippen LogP contribution in [0.3, 0.4) is 0 Å². The van der Waals surface area contributed by atoms with Crippen LogP contribution in [0.1, 0.15) is 12.8 Å². The van der Waals surface area contributed by atoms with Gasteiger partial charge in [-0.3, -0.25) is 0 Å². The van der Waals surface area contributed by atoms with Crippen molar-refractivity contribution in [3.8, 4) is 0 Å². The van der Waals surface area contributed by atoms with Gasteiger partial charge in [0, 0.05) is 6.04 Å². The van der Waals surface area contributed by atoms with Crippen LogP contribution in [-0.4, -0.2) is 22.5 Å². The van der Waals surface area contributed by atoms with Crippen molar-refractivity contribution in [2.24, 2.45) is 5.92 Å². The Morgan fingerprint density at radius 2 is 2.10 bits per heavy atom. The van der Waals surface area contributed by atoms with Crippen LogP contribution in [0.2, 0.25) is 0 Å². The molecule has 2 bridgehead atoms. The van der Waals surface area contributed by atoms with Gasteiger partial charge in [-0.2, -0.15) is 0 Å². The summed E-state index contributed by atoms with van der Waals surface area (Å²) in [4.78, 5) is 0. The molecule has 0 aromatic heterocycles. The predicted molar refractivity (Wildman–Crippen MR) is 46.1 cm³/mol. The van der Waals surface area contributed by atoms with Crippen molar-refractivity contribution in [2.75, 3.05) is 6.61 Å². The summed E-state index contributed by atoms with van der Waals surface area (Å²) in [5.41, 5.74) is -0.0965. The number of hydrogen-bond acceptors (Lipinski definition) is 4. The van der Waals surface area contributed by atoms with Crippen molar-refractivity contribution in [1.29, 1.82) is 0 Å². The van der Waals surface area contributed by atoms with Gasteiger partial charge in [-0.15, -0.1) is 12.6 Å². The largest absolute Gasteiger partial charge is 0.353 e. The molecule has 0 aromatic rings. The van der Waals surface area contributed by atoms with Gasteiger partial charge in [0.1, 0.15) is 0 Å². The maximum absolute atomic E-state index is 5.38. The van der Waals surface area contributed by atoms with E-state index in [1.165, 1.54) is 12.8 Å². The summed E-state index contributed by atoms with van der Waals surface area (Å²) in [5, 5.41) is 0. The predicted octanol–water partition coefficient (Wildman–Crippen LogP) is 1.16. The molecule has 0 amide bonds. The lowest BCUT2D eigenvalue weighted by Crippen LogP contribution is -2.39. The summed E-state index contributed by atoms with van der Waals surface area (Å²) in [6, 6.07) is 0.610. The van der Waals surface area contributed by atoms with Gasteiger partial charge in [-0.05, 0) is 18.8 Å². The SMILES string of the molecule is SC1OCC2CC(C2)N1S. The Labute approximate surface area is 71.9 Å². The van der Waals surface area contributed by atoms with Gasteiger partial charge < -0.3 is 4.74 Å². The Balaban J connectivity index is 2.04. The monoisotopic (exact) mass is 177 g/mol. The summed E-state index contributed by atoms with van der Waals surface area (Å²) < 4.78 is 7.29. The summed E-state index contributed by atoms with van der Waals surface area (Å²) in [6.45, 7) is 0.863. The molecule has 4 heteroatoms. The lowest BCUT2D eigenvalue weighted by Gasteiger charge is -2.36. The first-order valence-corrected chi connectivity index (χ1v) is 4.46. The zero-order chi connectivity index (χ0) is 7.14. The molecule has 1 saturated carbocycles. The van der Waals surface area contributed by atoms with Crippen LogP contribution in [0.5, 0.6) is 0 Å². The summed E-state index contributed by atoms with van der Waals surface area (Å²) in [5.74, 6) is 0.775. The first kappa shape index (κ1) is 7.28. The third kappa shape index (κ3) is 1.07. The molecule has 2 nitrogen and oxygen atoms in total.